The highest BCUT2D eigenvalue weighted by molar-refractivity contribution is 5.89. The largest absolute Gasteiger partial charge is 0.490 e. The molecule has 0 spiro atoms. The molecule has 96 valence electrons. The molecule has 1 saturated heterocycles. The van der Waals surface area contributed by atoms with E-state index in [-0.39, 0.29) is 6.10 Å². The zero-order chi connectivity index (χ0) is 13.1. The van der Waals surface area contributed by atoms with E-state index in [4.69, 9.17) is 10.00 Å². The first-order valence-electron chi connectivity index (χ1n) is 6.53. The summed E-state index contributed by atoms with van der Waals surface area (Å²) in [7, 11) is 0. The Morgan fingerprint density at radius 3 is 2.89 bits per heavy atom. The van der Waals surface area contributed by atoms with Crippen molar-refractivity contribution in [2.75, 3.05) is 13.1 Å². The van der Waals surface area contributed by atoms with Crippen LogP contribution in [0.25, 0.3) is 10.9 Å². The van der Waals surface area contributed by atoms with Crippen molar-refractivity contribution < 1.29 is 4.74 Å². The molecule has 1 N–H and O–H groups in total. The zero-order valence-electron chi connectivity index (χ0n) is 10.6. The van der Waals surface area contributed by atoms with E-state index in [9.17, 15) is 0 Å². The van der Waals surface area contributed by atoms with E-state index in [1.54, 1.807) is 12.3 Å². The molecule has 4 nitrogen and oxygen atoms in total. The van der Waals surface area contributed by atoms with Crippen LogP contribution in [0.4, 0.5) is 0 Å². The molecule has 1 aromatic carbocycles. The van der Waals surface area contributed by atoms with Crippen molar-refractivity contribution in [3.8, 4) is 11.8 Å². The highest BCUT2D eigenvalue weighted by Crippen LogP contribution is 2.27. The molecule has 0 amide bonds. The molecule has 0 saturated carbocycles. The van der Waals surface area contributed by atoms with Crippen molar-refractivity contribution in [3.63, 3.8) is 0 Å². The van der Waals surface area contributed by atoms with Crippen LogP contribution in [0.5, 0.6) is 5.75 Å². The molecule has 3 rings (SSSR count). The molecule has 0 radical (unpaired) electrons. The fourth-order valence-corrected chi connectivity index (χ4v) is 2.44. The van der Waals surface area contributed by atoms with Gasteiger partial charge in [0.2, 0.25) is 0 Å². The molecule has 0 aliphatic carbocycles. The van der Waals surface area contributed by atoms with E-state index in [2.05, 4.69) is 16.4 Å². The number of pyridine rings is 1. The Hall–Kier alpha value is -2.12. The lowest BCUT2D eigenvalue weighted by Gasteiger charge is -2.24. The number of ether oxygens (including phenoxy) is 1. The van der Waals surface area contributed by atoms with Gasteiger partial charge < -0.3 is 10.1 Å². The van der Waals surface area contributed by atoms with Gasteiger partial charge >= 0.3 is 0 Å². The first-order chi connectivity index (χ1) is 9.38. The second kappa shape index (κ2) is 5.25. The number of aromatic nitrogens is 1. The van der Waals surface area contributed by atoms with Crippen LogP contribution in [0.1, 0.15) is 18.4 Å². The molecule has 0 unspecified atom stereocenters. The van der Waals surface area contributed by atoms with Crippen molar-refractivity contribution in [3.05, 3.63) is 36.0 Å². The van der Waals surface area contributed by atoms with Crippen LogP contribution in [0.15, 0.2) is 30.5 Å². The Bertz CT molecular complexity index is 627. The van der Waals surface area contributed by atoms with Crippen molar-refractivity contribution in [1.29, 1.82) is 5.26 Å². The maximum atomic E-state index is 9.11. The fourth-order valence-electron chi connectivity index (χ4n) is 2.44. The molecule has 1 fully saturated rings. The topological polar surface area (TPSA) is 57.9 Å². The number of piperidine rings is 1. The summed E-state index contributed by atoms with van der Waals surface area (Å²) in [6.07, 6.45) is 3.99. The van der Waals surface area contributed by atoms with Gasteiger partial charge in [-0.2, -0.15) is 5.26 Å². The number of hydrogen-bond acceptors (Lipinski definition) is 4. The molecule has 0 bridgehead atoms. The molecule has 4 heteroatoms. The third-order valence-electron chi connectivity index (χ3n) is 3.43. The predicted octanol–water partition coefficient (Wildman–Crippen LogP) is 2.24. The van der Waals surface area contributed by atoms with Crippen LogP contribution in [0.3, 0.4) is 0 Å². The standard InChI is InChI=1S/C15H15N3O/c16-10-11-2-1-3-13-14(6-9-18-15(11)13)19-12-4-7-17-8-5-12/h1-3,6,9,12,17H,4-5,7-8H2. The molecule has 0 atom stereocenters. The lowest BCUT2D eigenvalue weighted by molar-refractivity contribution is 0.164. The van der Waals surface area contributed by atoms with Crippen LogP contribution < -0.4 is 10.1 Å². The Kier molecular flexibility index (Phi) is 3.30. The summed E-state index contributed by atoms with van der Waals surface area (Å²) in [6, 6.07) is 9.67. The summed E-state index contributed by atoms with van der Waals surface area (Å²) in [5.41, 5.74) is 1.31. The van der Waals surface area contributed by atoms with E-state index in [1.807, 2.05) is 18.2 Å². The highest BCUT2D eigenvalue weighted by Gasteiger charge is 2.16. The number of fused-ring (bicyclic) bond motifs is 1. The second-order valence-electron chi connectivity index (χ2n) is 4.69. The van der Waals surface area contributed by atoms with E-state index < -0.39 is 0 Å². The average Bonchev–Trinajstić information content (AvgIpc) is 2.48. The number of nitrogens with zero attached hydrogens (tertiary/aromatic N) is 2. The van der Waals surface area contributed by atoms with E-state index >= 15 is 0 Å². The number of benzene rings is 1. The summed E-state index contributed by atoms with van der Waals surface area (Å²) in [6.45, 7) is 1.99. The molecular weight excluding hydrogens is 238 g/mol. The van der Waals surface area contributed by atoms with E-state index in [1.165, 1.54) is 0 Å². The maximum Gasteiger partial charge on any atom is 0.130 e. The first kappa shape index (κ1) is 11.9. The minimum atomic E-state index is 0.248. The van der Waals surface area contributed by atoms with Crippen molar-refractivity contribution >= 4 is 10.9 Å². The SMILES string of the molecule is N#Cc1cccc2c(OC3CCNCC3)ccnc12. The normalized spacial score (nSPS) is 16.2. The molecule has 2 heterocycles. The predicted molar refractivity (Wildman–Crippen MR) is 73.0 cm³/mol. The molecule has 1 aliphatic heterocycles. The Balaban J connectivity index is 1.97. The van der Waals surface area contributed by atoms with Crippen LogP contribution in [0, 0.1) is 11.3 Å². The number of nitriles is 1. The quantitative estimate of drug-likeness (QED) is 0.891. The minimum Gasteiger partial charge on any atom is -0.490 e. The van der Waals surface area contributed by atoms with Gasteiger partial charge in [-0.25, -0.2) is 0 Å². The number of para-hydroxylation sites is 1. The van der Waals surface area contributed by atoms with Crippen LogP contribution >= 0.6 is 0 Å². The summed E-state index contributed by atoms with van der Waals surface area (Å²) >= 11 is 0. The Morgan fingerprint density at radius 1 is 1.26 bits per heavy atom. The Labute approximate surface area is 112 Å². The monoisotopic (exact) mass is 253 g/mol. The van der Waals surface area contributed by atoms with E-state index in [0.717, 1.165) is 42.6 Å². The van der Waals surface area contributed by atoms with Gasteiger partial charge in [0.15, 0.2) is 0 Å². The van der Waals surface area contributed by atoms with Crippen LogP contribution in [-0.2, 0) is 0 Å². The smallest absolute Gasteiger partial charge is 0.130 e. The van der Waals surface area contributed by atoms with Gasteiger partial charge in [0.05, 0.1) is 11.1 Å². The summed E-state index contributed by atoms with van der Waals surface area (Å²) < 4.78 is 6.08. The van der Waals surface area contributed by atoms with Gasteiger partial charge in [-0.15, -0.1) is 0 Å². The summed E-state index contributed by atoms with van der Waals surface area (Å²) in [4.78, 5) is 4.29. The zero-order valence-corrected chi connectivity index (χ0v) is 10.6. The van der Waals surface area contributed by atoms with Gasteiger partial charge in [-0.05, 0) is 44.1 Å². The number of nitrogens with one attached hydrogen (secondary N) is 1. The Morgan fingerprint density at radius 2 is 2.11 bits per heavy atom. The summed E-state index contributed by atoms with van der Waals surface area (Å²) in [5.74, 6) is 0.828. The molecule has 1 aliphatic rings. The van der Waals surface area contributed by atoms with Crippen LogP contribution in [-0.4, -0.2) is 24.2 Å². The van der Waals surface area contributed by atoms with Gasteiger partial charge in [-0.1, -0.05) is 6.07 Å². The van der Waals surface area contributed by atoms with E-state index in [0.29, 0.717) is 5.56 Å². The van der Waals surface area contributed by atoms with Gasteiger partial charge in [-0.3, -0.25) is 4.98 Å². The van der Waals surface area contributed by atoms with Gasteiger partial charge in [0, 0.05) is 11.6 Å². The van der Waals surface area contributed by atoms with Crippen molar-refractivity contribution in [2.45, 2.75) is 18.9 Å². The summed E-state index contributed by atoms with van der Waals surface area (Å²) in [5, 5.41) is 13.3. The lowest BCUT2D eigenvalue weighted by Crippen LogP contribution is -2.34. The van der Waals surface area contributed by atoms with Crippen molar-refractivity contribution in [2.24, 2.45) is 0 Å². The molecule has 1 aromatic heterocycles. The minimum absolute atomic E-state index is 0.248. The average molecular weight is 253 g/mol. The molecule has 2 aromatic rings. The first-order valence-corrected chi connectivity index (χ1v) is 6.53. The third-order valence-corrected chi connectivity index (χ3v) is 3.43. The maximum absolute atomic E-state index is 9.11. The third kappa shape index (κ3) is 2.38. The van der Waals surface area contributed by atoms with Gasteiger partial charge in [0.25, 0.3) is 0 Å². The number of rotatable bonds is 2. The van der Waals surface area contributed by atoms with Crippen molar-refractivity contribution in [1.82, 2.24) is 10.3 Å². The lowest BCUT2D eigenvalue weighted by atomic mass is 10.1. The fraction of sp³-hybridized carbons (Fsp3) is 0.333. The van der Waals surface area contributed by atoms with Gasteiger partial charge in [0.1, 0.15) is 17.9 Å². The number of hydrogen-bond donors (Lipinski definition) is 1. The van der Waals surface area contributed by atoms with Crippen LogP contribution in [0.2, 0.25) is 0 Å². The molecule has 19 heavy (non-hydrogen) atoms. The highest BCUT2D eigenvalue weighted by atomic mass is 16.5. The molecular formula is C15H15N3O. The second-order valence-corrected chi connectivity index (χ2v) is 4.69.